The van der Waals surface area contributed by atoms with Gasteiger partial charge in [0, 0.05) is 13.1 Å². The van der Waals surface area contributed by atoms with E-state index in [0.29, 0.717) is 0 Å². The molecule has 75 valence electrons. The Kier molecular flexibility index (Phi) is 4.18. The first kappa shape index (κ1) is 10.5. The lowest BCUT2D eigenvalue weighted by Gasteiger charge is -2.26. The maximum atomic E-state index is 10.7. The molecule has 1 aliphatic heterocycles. The van der Waals surface area contributed by atoms with E-state index in [-0.39, 0.29) is 5.91 Å². The first-order valence-electron chi connectivity index (χ1n) is 4.62. The number of amides is 1. The summed E-state index contributed by atoms with van der Waals surface area (Å²) in [7, 11) is 0. The molecule has 0 aromatic carbocycles. The Hall–Kier alpha value is -0.610. The van der Waals surface area contributed by atoms with E-state index in [4.69, 9.17) is 10.5 Å². The molecule has 0 aliphatic carbocycles. The molecule has 4 heteroatoms. The first-order valence-corrected chi connectivity index (χ1v) is 4.62. The van der Waals surface area contributed by atoms with Crippen LogP contribution in [0.1, 0.15) is 13.3 Å². The van der Waals surface area contributed by atoms with Gasteiger partial charge in [-0.15, -0.1) is 0 Å². The van der Waals surface area contributed by atoms with Crippen molar-refractivity contribution in [2.45, 2.75) is 13.3 Å². The molecule has 2 N–H and O–H groups in total. The van der Waals surface area contributed by atoms with Gasteiger partial charge in [0.2, 0.25) is 5.91 Å². The molecular formula is C9H17N2O2. The zero-order chi connectivity index (χ0) is 9.68. The second-order valence-electron chi connectivity index (χ2n) is 3.35. The van der Waals surface area contributed by atoms with Crippen LogP contribution in [-0.4, -0.2) is 43.7 Å². The molecule has 1 radical (unpaired) electrons. The lowest BCUT2D eigenvalue weighted by Crippen LogP contribution is -2.37. The number of nitrogens with two attached hydrogens (primary N) is 1. The predicted molar refractivity (Wildman–Crippen MR) is 50.0 cm³/mol. The Balaban J connectivity index is 2.13. The summed E-state index contributed by atoms with van der Waals surface area (Å²) in [5.74, 6) is 0.472. The van der Waals surface area contributed by atoms with E-state index in [1.54, 1.807) is 6.92 Å². The van der Waals surface area contributed by atoms with Gasteiger partial charge in [-0.3, -0.25) is 9.69 Å². The highest BCUT2D eigenvalue weighted by atomic mass is 16.5. The van der Waals surface area contributed by atoms with Crippen molar-refractivity contribution in [3.8, 4) is 0 Å². The Bertz CT molecular complexity index is 167. The third-order valence-corrected chi connectivity index (χ3v) is 2.33. The lowest BCUT2D eigenvalue weighted by molar-refractivity contribution is -0.116. The van der Waals surface area contributed by atoms with Crippen molar-refractivity contribution in [1.29, 1.82) is 0 Å². The number of nitrogens with zero attached hydrogens (tertiary/aromatic N) is 1. The van der Waals surface area contributed by atoms with Gasteiger partial charge in [-0.25, -0.2) is 0 Å². The van der Waals surface area contributed by atoms with E-state index in [1.165, 1.54) is 0 Å². The fraction of sp³-hybridized carbons (Fsp3) is 0.778. The largest absolute Gasteiger partial charge is 0.379 e. The number of primary amides is 1. The van der Waals surface area contributed by atoms with Crippen molar-refractivity contribution in [3.05, 3.63) is 5.92 Å². The topological polar surface area (TPSA) is 55.6 Å². The average Bonchev–Trinajstić information content (AvgIpc) is 2.15. The molecule has 4 nitrogen and oxygen atoms in total. The van der Waals surface area contributed by atoms with Crippen molar-refractivity contribution in [2.24, 2.45) is 5.73 Å². The van der Waals surface area contributed by atoms with Crippen LogP contribution in [0.4, 0.5) is 0 Å². The molecule has 1 fully saturated rings. The zero-order valence-corrected chi connectivity index (χ0v) is 8.08. The van der Waals surface area contributed by atoms with Crippen LogP contribution in [0.2, 0.25) is 0 Å². The average molecular weight is 185 g/mol. The van der Waals surface area contributed by atoms with E-state index in [2.05, 4.69) is 4.90 Å². The smallest absolute Gasteiger partial charge is 0.224 e. The van der Waals surface area contributed by atoms with Gasteiger partial charge in [0.1, 0.15) is 0 Å². The third-order valence-electron chi connectivity index (χ3n) is 2.33. The van der Waals surface area contributed by atoms with Crippen LogP contribution in [0, 0.1) is 5.92 Å². The fourth-order valence-electron chi connectivity index (χ4n) is 1.27. The Morgan fingerprint density at radius 1 is 1.46 bits per heavy atom. The second kappa shape index (κ2) is 5.19. The predicted octanol–water partition coefficient (Wildman–Crippen LogP) is -0.212. The first-order chi connectivity index (χ1) is 6.20. The highest BCUT2D eigenvalue weighted by molar-refractivity contribution is 5.87. The molecule has 1 amide bonds. The molecule has 13 heavy (non-hydrogen) atoms. The summed E-state index contributed by atoms with van der Waals surface area (Å²) in [5.41, 5.74) is 5.13. The SMILES string of the molecule is C[C](CCN1CCOCC1)C(N)=O. The van der Waals surface area contributed by atoms with E-state index in [9.17, 15) is 4.79 Å². The van der Waals surface area contributed by atoms with Gasteiger partial charge in [-0.1, -0.05) is 0 Å². The molecule has 0 aromatic heterocycles. The minimum absolute atomic E-state index is 0.284. The van der Waals surface area contributed by atoms with Crippen molar-refractivity contribution in [2.75, 3.05) is 32.8 Å². The molecule has 1 heterocycles. The van der Waals surface area contributed by atoms with Crippen molar-refractivity contribution in [1.82, 2.24) is 4.90 Å². The van der Waals surface area contributed by atoms with Crippen molar-refractivity contribution in [3.63, 3.8) is 0 Å². The molecule has 0 spiro atoms. The monoisotopic (exact) mass is 185 g/mol. The fourth-order valence-corrected chi connectivity index (χ4v) is 1.27. The van der Waals surface area contributed by atoms with Gasteiger partial charge in [0.15, 0.2) is 0 Å². The Morgan fingerprint density at radius 2 is 2.08 bits per heavy atom. The molecular weight excluding hydrogens is 168 g/mol. The van der Waals surface area contributed by atoms with Crippen LogP contribution in [0.15, 0.2) is 0 Å². The number of ether oxygens (including phenoxy) is 1. The van der Waals surface area contributed by atoms with Crippen LogP contribution in [0.5, 0.6) is 0 Å². The van der Waals surface area contributed by atoms with Crippen LogP contribution in [0.25, 0.3) is 0 Å². The number of rotatable bonds is 4. The molecule has 0 atom stereocenters. The van der Waals surface area contributed by atoms with Gasteiger partial charge in [-0.05, 0) is 19.9 Å². The van der Waals surface area contributed by atoms with Gasteiger partial charge in [0.25, 0.3) is 0 Å². The maximum absolute atomic E-state index is 10.7. The molecule has 0 aromatic rings. The minimum Gasteiger partial charge on any atom is -0.379 e. The van der Waals surface area contributed by atoms with Gasteiger partial charge >= 0.3 is 0 Å². The van der Waals surface area contributed by atoms with Crippen LogP contribution in [-0.2, 0) is 9.53 Å². The summed E-state index contributed by atoms with van der Waals surface area (Å²) < 4.78 is 5.21. The second-order valence-corrected chi connectivity index (χ2v) is 3.35. The normalized spacial score (nSPS) is 19.2. The summed E-state index contributed by atoms with van der Waals surface area (Å²) in [6.07, 6.45) is 0.773. The molecule has 0 unspecified atom stereocenters. The van der Waals surface area contributed by atoms with E-state index < -0.39 is 0 Å². The Labute approximate surface area is 79.0 Å². The summed E-state index contributed by atoms with van der Waals surface area (Å²) in [6.45, 7) is 6.24. The van der Waals surface area contributed by atoms with Crippen LogP contribution in [0.3, 0.4) is 0 Å². The molecule has 0 bridgehead atoms. The Morgan fingerprint density at radius 3 is 2.62 bits per heavy atom. The van der Waals surface area contributed by atoms with E-state index >= 15 is 0 Å². The number of hydrogen-bond donors (Lipinski definition) is 1. The number of carbonyl (C=O) groups excluding carboxylic acids is 1. The third kappa shape index (κ3) is 3.74. The lowest BCUT2D eigenvalue weighted by atomic mass is 10.1. The maximum Gasteiger partial charge on any atom is 0.224 e. The van der Waals surface area contributed by atoms with E-state index in [1.807, 2.05) is 0 Å². The highest BCUT2D eigenvalue weighted by Crippen LogP contribution is 2.06. The summed E-state index contributed by atoms with van der Waals surface area (Å²) >= 11 is 0. The standard InChI is InChI=1S/C9H17N2O2/c1-8(9(10)12)2-3-11-4-6-13-7-5-11/h2-7H2,1H3,(H2,10,12). The van der Waals surface area contributed by atoms with Crippen molar-refractivity contribution >= 4 is 5.91 Å². The molecule has 1 saturated heterocycles. The summed E-state index contributed by atoms with van der Waals surface area (Å²) in [4.78, 5) is 13.0. The summed E-state index contributed by atoms with van der Waals surface area (Å²) in [5, 5.41) is 0. The van der Waals surface area contributed by atoms with Crippen LogP contribution >= 0.6 is 0 Å². The summed E-state index contributed by atoms with van der Waals surface area (Å²) in [6, 6.07) is 0. The number of morpholine rings is 1. The molecule has 1 rings (SSSR count). The quantitative estimate of drug-likeness (QED) is 0.659. The highest BCUT2D eigenvalue weighted by Gasteiger charge is 2.14. The van der Waals surface area contributed by atoms with Crippen LogP contribution < -0.4 is 5.73 Å². The number of carbonyl (C=O) groups is 1. The molecule has 1 aliphatic rings. The van der Waals surface area contributed by atoms with E-state index in [0.717, 1.165) is 45.2 Å². The number of hydrogen-bond acceptors (Lipinski definition) is 3. The van der Waals surface area contributed by atoms with Gasteiger partial charge in [0.05, 0.1) is 19.1 Å². The zero-order valence-electron chi connectivity index (χ0n) is 8.08. The van der Waals surface area contributed by atoms with Gasteiger partial charge < -0.3 is 10.5 Å². The van der Waals surface area contributed by atoms with Crippen molar-refractivity contribution < 1.29 is 9.53 Å². The molecule has 0 saturated carbocycles. The van der Waals surface area contributed by atoms with Gasteiger partial charge in [-0.2, -0.15) is 0 Å². The minimum atomic E-state index is -0.284.